The van der Waals surface area contributed by atoms with Gasteiger partial charge in [-0.1, -0.05) is 12.1 Å². The molecule has 0 radical (unpaired) electrons. The number of nitrogens with two attached hydrogens (primary N) is 2. The Morgan fingerprint density at radius 1 is 1.22 bits per heavy atom. The molecule has 0 atom stereocenters. The summed E-state index contributed by atoms with van der Waals surface area (Å²) in [5.74, 6) is 0.0267. The zero-order valence-corrected chi connectivity index (χ0v) is 11.1. The molecule has 4 N–H and O–H groups in total. The molecule has 94 valence electrons. The summed E-state index contributed by atoms with van der Waals surface area (Å²) in [5, 5.41) is 2.51. The second kappa shape index (κ2) is 5.05. The number of thiazole rings is 1. The van der Waals surface area contributed by atoms with Gasteiger partial charge in [0.25, 0.3) is 0 Å². The van der Waals surface area contributed by atoms with Crippen molar-refractivity contribution < 1.29 is 0 Å². The molecule has 1 aromatic heterocycles. The lowest BCUT2D eigenvalue weighted by Gasteiger charge is -2.12. The molecule has 5 nitrogen and oxygen atoms in total. The van der Waals surface area contributed by atoms with Crippen LogP contribution in [-0.2, 0) is 0 Å². The fourth-order valence-corrected chi connectivity index (χ4v) is 2.20. The summed E-state index contributed by atoms with van der Waals surface area (Å²) in [5.41, 5.74) is 13.7. The summed E-state index contributed by atoms with van der Waals surface area (Å²) in [6, 6.07) is 8.16. The van der Waals surface area contributed by atoms with Crippen LogP contribution in [-0.4, -0.2) is 25.0 Å². The van der Waals surface area contributed by atoms with Crippen molar-refractivity contribution in [2.45, 2.75) is 0 Å². The first-order valence-electron chi connectivity index (χ1n) is 5.39. The number of benzene rings is 1. The van der Waals surface area contributed by atoms with Gasteiger partial charge < -0.3 is 16.4 Å². The van der Waals surface area contributed by atoms with Gasteiger partial charge in [0, 0.05) is 30.7 Å². The number of aliphatic imine (C=N–C) groups is 1. The smallest absolute Gasteiger partial charge is 0.212 e. The molecule has 1 aromatic carbocycles. The lowest BCUT2D eigenvalue weighted by atomic mass is 10.1. The minimum atomic E-state index is 0.0267. The molecule has 0 saturated heterocycles. The summed E-state index contributed by atoms with van der Waals surface area (Å²) in [4.78, 5) is 10.3. The lowest BCUT2D eigenvalue weighted by molar-refractivity contribution is 1.13. The van der Waals surface area contributed by atoms with E-state index in [1.165, 1.54) is 11.3 Å². The molecule has 6 heteroatoms. The van der Waals surface area contributed by atoms with E-state index >= 15 is 0 Å². The van der Waals surface area contributed by atoms with Crippen LogP contribution < -0.4 is 16.4 Å². The van der Waals surface area contributed by atoms with Gasteiger partial charge in [-0.3, -0.25) is 0 Å². The largest absolute Gasteiger partial charge is 0.378 e. The van der Waals surface area contributed by atoms with Crippen LogP contribution in [0.5, 0.6) is 0 Å². The van der Waals surface area contributed by atoms with Gasteiger partial charge >= 0.3 is 0 Å². The fourth-order valence-electron chi connectivity index (χ4n) is 1.49. The van der Waals surface area contributed by atoms with Crippen molar-refractivity contribution >= 4 is 28.1 Å². The van der Waals surface area contributed by atoms with Crippen LogP contribution in [0.25, 0.3) is 11.3 Å². The van der Waals surface area contributed by atoms with Crippen LogP contribution in [0.15, 0.2) is 34.6 Å². The van der Waals surface area contributed by atoms with Crippen LogP contribution in [0.4, 0.5) is 10.8 Å². The molecule has 0 saturated carbocycles. The molecule has 0 aliphatic carbocycles. The Balaban J connectivity index is 2.26. The van der Waals surface area contributed by atoms with Gasteiger partial charge in [0.1, 0.15) is 0 Å². The summed E-state index contributed by atoms with van der Waals surface area (Å²) in [6.45, 7) is 0. The normalized spacial score (nSPS) is 10.1. The Kier molecular flexibility index (Phi) is 3.47. The summed E-state index contributed by atoms with van der Waals surface area (Å²) >= 11 is 1.41. The maximum Gasteiger partial charge on any atom is 0.212 e. The first-order valence-corrected chi connectivity index (χ1v) is 6.27. The van der Waals surface area contributed by atoms with Gasteiger partial charge in [0.15, 0.2) is 5.96 Å². The number of hydrogen-bond acceptors (Lipinski definition) is 4. The third-order valence-electron chi connectivity index (χ3n) is 2.40. The first kappa shape index (κ1) is 12.4. The van der Waals surface area contributed by atoms with Gasteiger partial charge in [-0.25, -0.2) is 4.98 Å². The predicted octanol–water partition coefficient (Wildman–Crippen LogP) is 1.78. The van der Waals surface area contributed by atoms with E-state index in [2.05, 4.69) is 27.0 Å². The van der Waals surface area contributed by atoms with Gasteiger partial charge in [-0.2, -0.15) is 4.99 Å². The standard InChI is InChI=1S/C12H15N5S/c1-17(2)9-5-3-8(4-6-9)10-7-18-12(15-10)16-11(13)14/h3-7H,1-2H3,(H4,13,14,15,16). The highest BCUT2D eigenvalue weighted by Gasteiger charge is 2.04. The molecule has 2 rings (SSSR count). The molecule has 0 aliphatic heterocycles. The molecule has 18 heavy (non-hydrogen) atoms. The van der Waals surface area contributed by atoms with Crippen molar-refractivity contribution in [3.63, 3.8) is 0 Å². The molecule has 0 amide bonds. The molecule has 1 heterocycles. The Morgan fingerprint density at radius 2 is 1.89 bits per heavy atom. The topological polar surface area (TPSA) is 80.5 Å². The van der Waals surface area contributed by atoms with E-state index in [0.717, 1.165) is 16.9 Å². The lowest BCUT2D eigenvalue weighted by Crippen LogP contribution is -2.21. The highest BCUT2D eigenvalue weighted by Crippen LogP contribution is 2.27. The van der Waals surface area contributed by atoms with Crippen LogP contribution in [0.2, 0.25) is 0 Å². The van der Waals surface area contributed by atoms with Crippen molar-refractivity contribution in [2.24, 2.45) is 16.5 Å². The van der Waals surface area contributed by atoms with E-state index in [1.807, 2.05) is 31.6 Å². The highest BCUT2D eigenvalue weighted by atomic mass is 32.1. The quantitative estimate of drug-likeness (QED) is 0.652. The summed E-state index contributed by atoms with van der Waals surface area (Å²) in [6.07, 6.45) is 0. The Hall–Kier alpha value is -2.08. The Bertz CT molecular complexity index is 552. The monoisotopic (exact) mass is 261 g/mol. The molecule has 0 spiro atoms. The van der Waals surface area contributed by atoms with Crippen molar-refractivity contribution in [3.05, 3.63) is 29.6 Å². The maximum atomic E-state index is 5.31. The van der Waals surface area contributed by atoms with Crippen LogP contribution >= 0.6 is 11.3 Å². The number of aromatic nitrogens is 1. The van der Waals surface area contributed by atoms with E-state index in [4.69, 9.17) is 11.5 Å². The highest BCUT2D eigenvalue weighted by molar-refractivity contribution is 7.13. The number of rotatable bonds is 3. The third kappa shape index (κ3) is 2.78. The molecule has 0 aliphatic rings. The maximum absolute atomic E-state index is 5.31. The van der Waals surface area contributed by atoms with Gasteiger partial charge in [-0.15, -0.1) is 11.3 Å². The van der Waals surface area contributed by atoms with Gasteiger partial charge in [0.05, 0.1) is 5.69 Å². The van der Waals surface area contributed by atoms with Crippen LogP contribution in [0, 0.1) is 0 Å². The van der Waals surface area contributed by atoms with Crippen LogP contribution in [0.1, 0.15) is 0 Å². The fraction of sp³-hybridized carbons (Fsp3) is 0.167. The first-order chi connectivity index (χ1) is 8.56. The molecule has 0 bridgehead atoms. The summed E-state index contributed by atoms with van der Waals surface area (Å²) in [7, 11) is 4.02. The average molecular weight is 261 g/mol. The van der Waals surface area contributed by atoms with E-state index in [0.29, 0.717) is 5.13 Å². The van der Waals surface area contributed by atoms with Crippen molar-refractivity contribution in [3.8, 4) is 11.3 Å². The molecular formula is C12H15N5S. The molecule has 0 unspecified atom stereocenters. The Morgan fingerprint density at radius 3 is 2.44 bits per heavy atom. The summed E-state index contributed by atoms with van der Waals surface area (Å²) < 4.78 is 0. The SMILES string of the molecule is CN(C)c1ccc(-c2csc(N=C(N)N)n2)cc1. The minimum Gasteiger partial charge on any atom is -0.378 e. The van der Waals surface area contributed by atoms with E-state index in [9.17, 15) is 0 Å². The van der Waals surface area contributed by atoms with E-state index in [1.54, 1.807) is 0 Å². The van der Waals surface area contributed by atoms with Crippen molar-refractivity contribution in [1.29, 1.82) is 0 Å². The number of nitrogens with zero attached hydrogens (tertiary/aromatic N) is 3. The predicted molar refractivity (Wildman–Crippen MR) is 77.3 cm³/mol. The zero-order valence-electron chi connectivity index (χ0n) is 10.3. The number of anilines is 1. The zero-order chi connectivity index (χ0) is 13.1. The minimum absolute atomic E-state index is 0.0267. The molecule has 0 fully saturated rings. The third-order valence-corrected chi connectivity index (χ3v) is 3.13. The van der Waals surface area contributed by atoms with Crippen LogP contribution in [0.3, 0.4) is 0 Å². The second-order valence-corrected chi connectivity index (χ2v) is 4.83. The van der Waals surface area contributed by atoms with E-state index in [-0.39, 0.29) is 5.96 Å². The molecule has 2 aromatic rings. The second-order valence-electron chi connectivity index (χ2n) is 3.99. The number of guanidine groups is 1. The molecular weight excluding hydrogens is 246 g/mol. The van der Waals surface area contributed by atoms with Crippen molar-refractivity contribution in [2.75, 3.05) is 19.0 Å². The number of hydrogen-bond donors (Lipinski definition) is 2. The van der Waals surface area contributed by atoms with Gasteiger partial charge in [-0.05, 0) is 12.1 Å². The van der Waals surface area contributed by atoms with Gasteiger partial charge in [0.2, 0.25) is 5.13 Å². The van der Waals surface area contributed by atoms with E-state index < -0.39 is 0 Å². The Labute approximate surface area is 110 Å². The average Bonchev–Trinajstić information content (AvgIpc) is 2.76. The van der Waals surface area contributed by atoms with Crippen molar-refractivity contribution in [1.82, 2.24) is 4.98 Å².